The molecule has 0 atom stereocenters. The Balaban J connectivity index is 1.62. The quantitative estimate of drug-likeness (QED) is 0.301. The lowest BCUT2D eigenvalue weighted by molar-refractivity contribution is -0.141. The Morgan fingerprint density at radius 3 is 2.61 bits per heavy atom. The van der Waals surface area contributed by atoms with Crippen molar-refractivity contribution in [3.8, 4) is 11.5 Å². The lowest BCUT2D eigenvalue weighted by Crippen LogP contribution is -2.57. The van der Waals surface area contributed by atoms with Crippen molar-refractivity contribution < 1.29 is 39.7 Å². The van der Waals surface area contributed by atoms with Crippen molar-refractivity contribution in [1.29, 1.82) is 0 Å². The molecule has 0 aliphatic carbocycles. The second-order valence-electron chi connectivity index (χ2n) is 7.25. The third kappa shape index (κ3) is 4.95. The molecule has 0 bridgehead atoms. The molecular formula is C18H23BN4O8. The Morgan fingerprint density at radius 2 is 2.00 bits per heavy atom. The number of ether oxygens (including phenoxy) is 1. The van der Waals surface area contributed by atoms with Crippen LogP contribution in [-0.4, -0.2) is 83.4 Å². The van der Waals surface area contributed by atoms with Crippen molar-refractivity contribution in [3.63, 3.8) is 0 Å². The third-order valence-electron chi connectivity index (χ3n) is 5.07. The van der Waals surface area contributed by atoms with E-state index in [2.05, 4.69) is 10.3 Å². The number of aromatic carboxylic acids is 1. The van der Waals surface area contributed by atoms with Crippen molar-refractivity contribution >= 4 is 19.0 Å². The molecule has 1 fully saturated rings. The van der Waals surface area contributed by atoms with Crippen LogP contribution in [0.25, 0.3) is 0 Å². The van der Waals surface area contributed by atoms with Gasteiger partial charge in [0.2, 0.25) is 5.91 Å². The van der Waals surface area contributed by atoms with Gasteiger partial charge < -0.3 is 35.0 Å². The van der Waals surface area contributed by atoms with Gasteiger partial charge >= 0.3 is 13.1 Å². The first-order valence-electron chi connectivity index (χ1n) is 9.59. The maximum Gasteiger partial charge on any atom is 0.451 e. The van der Waals surface area contributed by atoms with Crippen molar-refractivity contribution in [2.45, 2.75) is 38.9 Å². The number of amides is 1. The van der Waals surface area contributed by atoms with E-state index in [1.54, 1.807) is 6.92 Å². The summed E-state index contributed by atoms with van der Waals surface area (Å²) >= 11 is 0. The summed E-state index contributed by atoms with van der Waals surface area (Å²) in [4.78, 5) is 25.5. The number of aliphatic hydroxyl groups is 1. The summed E-state index contributed by atoms with van der Waals surface area (Å²) < 4.78 is 7.00. The van der Waals surface area contributed by atoms with E-state index in [1.165, 1.54) is 21.7 Å². The van der Waals surface area contributed by atoms with Crippen LogP contribution < -0.4 is 4.74 Å². The van der Waals surface area contributed by atoms with E-state index >= 15 is 0 Å². The molecule has 0 radical (unpaired) electrons. The summed E-state index contributed by atoms with van der Waals surface area (Å²) in [5.41, 5.74) is 0.835. The van der Waals surface area contributed by atoms with Crippen molar-refractivity contribution in [1.82, 2.24) is 19.9 Å². The predicted octanol–water partition coefficient (Wildman–Crippen LogP) is -1.21. The van der Waals surface area contributed by atoms with E-state index in [0.717, 1.165) is 0 Å². The highest BCUT2D eigenvalue weighted by Crippen LogP contribution is 2.34. The van der Waals surface area contributed by atoms with E-state index in [-0.39, 0.29) is 56.2 Å². The molecule has 1 aromatic carbocycles. The number of benzene rings is 1. The lowest BCUT2D eigenvalue weighted by Gasteiger charge is -2.39. The highest BCUT2D eigenvalue weighted by atomic mass is 16.5. The molecule has 2 heterocycles. The van der Waals surface area contributed by atoms with Crippen molar-refractivity contribution in [2.24, 2.45) is 0 Å². The molecule has 0 saturated carbocycles. The van der Waals surface area contributed by atoms with E-state index in [0.29, 0.717) is 11.4 Å². The molecule has 0 unspecified atom stereocenters. The fourth-order valence-corrected chi connectivity index (χ4v) is 3.27. The molecule has 1 aromatic heterocycles. The topological polar surface area (TPSA) is 178 Å². The Labute approximate surface area is 177 Å². The lowest BCUT2D eigenvalue weighted by atomic mass is 9.82. The largest absolute Gasteiger partial charge is 0.507 e. The zero-order valence-corrected chi connectivity index (χ0v) is 16.8. The molecule has 5 N–H and O–H groups in total. The standard InChI is InChI=1S/C18H23BN4O8/c1-10-13(9-24)23(21-20-10)8-15(25)22-6-12(7-22)31-14-3-2-11(4-5-19(29)30)17(26)16(14)18(27)28/h2-3,12,24,26,29-30H,4-9H2,1H3,(H,27,28). The number of aromatic hydroxyl groups is 1. The van der Waals surface area contributed by atoms with Crippen LogP contribution in [0.4, 0.5) is 0 Å². The third-order valence-corrected chi connectivity index (χ3v) is 5.07. The van der Waals surface area contributed by atoms with Gasteiger partial charge in [0.15, 0.2) is 0 Å². The SMILES string of the molecule is Cc1nnn(CC(=O)N2CC(Oc3ccc(CCB(O)O)c(O)c3C(=O)O)C2)c1CO. The number of phenols is 1. The van der Waals surface area contributed by atoms with Crippen molar-refractivity contribution in [3.05, 3.63) is 34.6 Å². The highest BCUT2D eigenvalue weighted by molar-refractivity contribution is 6.41. The number of nitrogens with zero attached hydrogens (tertiary/aromatic N) is 4. The second kappa shape index (κ2) is 9.33. The minimum Gasteiger partial charge on any atom is -0.507 e. The fourth-order valence-electron chi connectivity index (χ4n) is 3.27. The molecule has 166 valence electrons. The summed E-state index contributed by atoms with van der Waals surface area (Å²) in [6.45, 7) is 1.75. The van der Waals surface area contributed by atoms with Crippen LogP contribution in [0.3, 0.4) is 0 Å². The molecule has 12 nitrogen and oxygen atoms in total. The van der Waals surface area contributed by atoms with Gasteiger partial charge in [0, 0.05) is 0 Å². The van der Waals surface area contributed by atoms with Crippen LogP contribution in [0, 0.1) is 6.92 Å². The van der Waals surface area contributed by atoms with Gasteiger partial charge in [0.1, 0.15) is 29.7 Å². The predicted molar refractivity (Wildman–Crippen MR) is 105 cm³/mol. The van der Waals surface area contributed by atoms with E-state index in [1.807, 2.05) is 0 Å². The zero-order chi connectivity index (χ0) is 22.7. The van der Waals surface area contributed by atoms with Crippen LogP contribution in [0.15, 0.2) is 12.1 Å². The number of carboxylic acids is 1. The zero-order valence-electron chi connectivity index (χ0n) is 16.8. The van der Waals surface area contributed by atoms with E-state index in [9.17, 15) is 24.9 Å². The van der Waals surface area contributed by atoms with Gasteiger partial charge in [-0.15, -0.1) is 5.10 Å². The summed E-state index contributed by atoms with van der Waals surface area (Å²) in [5.74, 6) is -2.16. The van der Waals surface area contributed by atoms with Crippen LogP contribution in [0.5, 0.6) is 11.5 Å². The first kappa shape index (κ1) is 22.5. The molecular weight excluding hydrogens is 411 g/mol. The minimum absolute atomic E-state index is 0.0372. The number of aliphatic hydroxyl groups excluding tert-OH is 1. The van der Waals surface area contributed by atoms with Gasteiger partial charge in [-0.2, -0.15) is 0 Å². The number of aryl methyl sites for hydroxylation is 2. The van der Waals surface area contributed by atoms with Crippen LogP contribution in [-0.2, 0) is 24.4 Å². The number of hydrogen-bond donors (Lipinski definition) is 5. The average molecular weight is 434 g/mol. The number of likely N-dealkylation sites (tertiary alicyclic amines) is 1. The minimum atomic E-state index is -1.57. The maximum absolute atomic E-state index is 12.4. The molecule has 3 rings (SSSR count). The molecule has 1 aliphatic heterocycles. The number of carbonyl (C=O) groups is 2. The van der Waals surface area contributed by atoms with Gasteiger partial charge in [-0.05, 0) is 31.3 Å². The summed E-state index contributed by atoms with van der Waals surface area (Å²) in [7, 11) is -1.57. The molecule has 0 spiro atoms. The molecule has 31 heavy (non-hydrogen) atoms. The monoisotopic (exact) mass is 434 g/mol. The van der Waals surface area contributed by atoms with Gasteiger partial charge in [-0.3, -0.25) is 4.79 Å². The van der Waals surface area contributed by atoms with E-state index in [4.69, 9.17) is 14.8 Å². The Bertz CT molecular complexity index is 974. The van der Waals surface area contributed by atoms with Crippen LogP contribution >= 0.6 is 0 Å². The van der Waals surface area contributed by atoms with Gasteiger partial charge in [-0.1, -0.05) is 11.3 Å². The molecule has 1 amide bonds. The second-order valence-corrected chi connectivity index (χ2v) is 7.25. The first-order valence-corrected chi connectivity index (χ1v) is 9.59. The van der Waals surface area contributed by atoms with Gasteiger partial charge in [0.25, 0.3) is 0 Å². The Hall–Kier alpha value is -3.16. The summed E-state index contributed by atoms with van der Waals surface area (Å²) in [5, 5.41) is 54.7. The number of aromatic nitrogens is 3. The normalized spacial score (nSPS) is 13.7. The van der Waals surface area contributed by atoms with Gasteiger partial charge in [0.05, 0.1) is 31.1 Å². The summed E-state index contributed by atoms with van der Waals surface area (Å²) in [6.07, 6.45) is -0.440. The van der Waals surface area contributed by atoms with Crippen LogP contribution in [0.1, 0.15) is 27.3 Å². The fraction of sp³-hybridized carbons (Fsp3) is 0.444. The van der Waals surface area contributed by atoms with E-state index < -0.39 is 30.5 Å². The number of carbonyl (C=O) groups excluding carboxylic acids is 1. The molecule has 13 heteroatoms. The molecule has 2 aromatic rings. The smallest absolute Gasteiger partial charge is 0.451 e. The maximum atomic E-state index is 12.4. The molecule has 1 aliphatic rings. The Kier molecular flexibility index (Phi) is 6.78. The number of hydrogen-bond acceptors (Lipinski definition) is 9. The summed E-state index contributed by atoms with van der Waals surface area (Å²) in [6, 6.07) is 2.86. The average Bonchev–Trinajstić information content (AvgIpc) is 3.02. The number of carboxylic acid groups (broad SMARTS) is 1. The molecule has 1 saturated heterocycles. The first-order chi connectivity index (χ1) is 14.7. The number of rotatable bonds is 9. The van der Waals surface area contributed by atoms with Crippen LogP contribution in [0.2, 0.25) is 6.32 Å². The Morgan fingerprint density at radius 1 is 1.29 bits per heavy atom. The van der Waals surface area contributed by atoms with Crippen molar-refractivity contribution in [2.75, 3.05) is 13.1 Å². The van der Waals surface area contributed by atoms with Gasteiger partial charge in [-0.25, -0.2) is 9.48 Å². The highest BCUT2D eigenvalue weighted by Gasteiger charge is 2.34.